The van der Waals surface area contributed by atoms with E-state index in [1.807, 2.05) is 0 Å². The first-order chi connectivity index (χ1) is 10.8. The molecule has 1 atom stereocenters. The molecule has 2 rings (SSSR count). The van der Waals surface area contributed by atoms with Gasteiger partial charge in [-0.3, -0.25) is 4.79 Å². The molecule has 126 valence electrons. The van der Waals surface area contributed by atoms with Gasteiger partial charge in [-0.05, 0) is 30.7 Å². The summed E-state index contributed by atoms with van der Waals surface area (Å²) in [6.07, 6.45) is 0.457. The van der Waals surface area contributed by atoms with Crippen LogP contribution in [0.25, 0.3) is 0 Å². The summed E-state index contributed by atoms with van der Waals surface area (Å²) in [7, 11) is -0.158. The van der Waals surface area contributed by atoms with Crippen molar-refractivity contribution < 1.29 is 27.5 Å². The molecule has 0 N–H and O–H groups in total. The Balaban J connectivity index is 1.88. The molecule has 8 heteroatoms. The second kappa shape index (κ2) is 6.99. The number of likely N-dealkylation sites (N-methyl/N-ethyl adjacent to an activating group) is 1. The lowest BCUT2D eigenvalue weighted by molar-refractivity contribution is -0.133. The summed E-state index contributed by atoms with van der Waals surface area (Å²) in [6, 6.07) is 5.93. The zero-order chi connectivity index (χ0) is 17.0. The maximum absolute atomic E-state index is 12.1. The van der Waals surface area contributed by atoms with Crippen LogP contribution in [0.1, 0.15) is 16.8 Å². The number of nitrogens with zero attached hydrogens (tertiary/aromatic N) is 1. The van der Waals surface area contributed by atoms with E-state index in [0.29, 0.717) is 17.7 Å². The van der Waals surface area contributed by atoms with E-state index >= 15 is 0 Å². The number of benzene rings is 1. The minimum absolute atomic E-state index is 0.00304. The number of carbonyl (C=O) groups excluding carboxylic acids is 2. The van der Waals surface area contributed by atoms with Crippen LogP contribution in [0.15, 0.2) is 24.3 Å². The molecule has 7 nitrogen and oxygen atoms in total. The molecular weight excluding hydrogens is 322 g/mol. The van der Waals surface area contributed by atoms with E-state index in [9.17, 15) is 18.0 Å². The van der Waals surface area contributed by atoms with Gasteiger partial charge in [0.25, 0.3) is 5.91 Å². The fraction of sp³-hybridized carbons (Fsp3) is 0.467. The van der Waals surface area contributed by atoms with Gasteiger partial charge in [0.2, 0.25) is 0 Å². The molecule has 1 fully saturated rings. The zero-order valence-electron chi connectivity index (χ0n) is 13.0. The molecule has 1 aromatic rings. The van der Waals surface area contributed by atoms with Crippen LogP contribution in [0.2, 0.25) is 0 Å². The Labute approximate surface area is 135 Å². The number of rotatable bonds is 5. The van der Waals surface area contributed by atoms with Crippen molar-refractivity contribution in [3.05, 3.63) is 29.8 Å². The molecule has 23 heavy (non-hydrogen) atoms. The lowest BCUT2D eigenvalue weighted by Gasteiger charge is -2.23. The van der Waals surface area contributed by atoms with Gasteiger partial charge in [-0.2, -0.15) is 0 Å². The summed E-state index contributed by atoms with van der Waals surface area (Å²) in [5.74, 6) is -0.175. The van der Waals surface area contributed by atoms with Crippen LogP contribution in [0.5, 0.6) is 5.75 Å². The number of hydrogen-bond donors (Lipinski definition) is 0. The molecule has 1 aliphatic heterocycles. The van der Waals surface area contributed by atoms with Crippen LogP contribution >= 0.6 is 0 Å². The largest absolute Gasteiger partial charge is 0.484 e. The first kappa shape index (κ1) is 17.3. The molecule has 1 saturated heterocycles. The molecular formula is C15H19NO6S. The van der Waals surface area contributed by atoms with E-state index in [-0.39, 0.29) is 30.1 Å². The van der Waals surface area contributed by atoms with Crippen LogP contribution in [0.3, 0.4) is 0 Å². The molecule has 0 bridgehead atoms. The van der Waals surface area contributed by atoms with Crippen molar-refractivity contribution in [2.75, 3.05) is 32.3 Å². The van der Waals surface area contributed by atoms with Gasteiger partial charge >= 0.3 is 5.97 Å². The average Bonchev–Trinajstić information content (AvgIpc) is 2.91. The Morgan fingerprint density at radius 3 is 2.43 bits per heavy atom. The monoisotopic (exact) mass is 341 g/mol. The van der Waals surface area contributed by atoms with Crippen molar-refractivity contribution >= 4 is 21.7 Å². The van der Waals surface area contributed by atoms with E-state index in [1.165, 1.54) is 12.0 Å². The minimum Gasteiger partial charge on any atom is -0.484 e. The number of ether oxygens (including phenoxy) is 2. The number of amides is 1. The van der Waals surface area contributed by atoms with E-state index in [2.05, 4.69) is 4.74 Å². The summed E-state index contributed by atoms with van der Waals surface area (Å²) in [6.45, 7) is -0.190. The van der Waals surface area contributed by atoms with Crippen LogP contribution in [0, 0.1) is 0 Å². The lowest BCUT2D eigenvalue weighted by Crippen LogP contribution is -2.40. The number of hydrogen-bond acceptors (Lipinski definition) is 6. The smallest absolute Gasteiger partial charge is 0.337 e. The molecule has 1 aromatic carbocycles. The molecule has 1 aliphatic rings. The van der Waals surface area contributed by atoms with E-state index in [1.54, 1.807) is 31.3 Å². The van der Waals surface area contributed by atoms with Gasteiger partial charge in [0.1, 0.15) is 5.75 Å². The van der Waals surface area contributed by atoms with Gasteiger partial charge in [0.15, 0.2) is 16.4 Å². The number of sulfone groups is 1. The maximum Gasteiger partial charge on any atom is 0.337 e. The maximum atomic E-state index is 12.1. The second-order valence-corrected chi connectivity index (χ2v) is 7.59. The van der Waals surface area contributed by atoms with Crippen molar-refractivity contribution in [1.82, 2.24) is 4.90 Å². The predicted octanol–water partition coefficient (Wildman–Crippen LogP) is 0.497. The standard InChI is InChI=1S/C15H19NO6S/c1-16(12-7-8-23(19,20)10-12)14(17)9-22-13-5-3-11(4-6-13)15(18)21-2/h3-6,12H,7-10H2,1-2H3/t12-/m1/s1. The summed E-state index contributed by atoms with van der Waals surface area (Å²) in [4.78, 5) is 24.8. The van der Waals surface area contributed by atoms with Crippen molar-refractivity contribution in [2.24, 2.45) is 0 Å². The zero-order valence-corrected chi connectivity index (χ0v) is 13.8. The molecule has 0 aliphatic carbocycles. The Bertz CT molecular complexity index is 682. The highest BCUT2D eigenvalue weighted by molar-refractivity contribution is 7.91. The molecule has 0 spiro atoms. The molecule has 1 heterocycles. The molecule has 0 unspecified atom stereocenters. The van der Waals surface area contributed by atoms with Crippen LogP contribution in [-0.2, 0) is 19.4 Å². The lowest BCUT2D eigenvalue weighted by atomic mass is 10.2. The molecule has 0 saturated carbocycles. The van der Waals surface area contributed by atoms with E-state index < -0.39 is 15.8 Å². The van der Waals surface area contributed by atoms with E-state index in [0.717, 1.165) is 0 Å². The third-order valence-corrected chi connectivity index (χ3v) is 5.54. The van der Waals surface area contributed by atoms with Gasteiger partial charge < -0.3 is 14.4 Å². The average molecular weight is 341 g/mol. The fourth-order valence-electron chi connectivity index (χ4n) is 2.34. The molecule has 0 radical (unpaired) electrons. The highest BCUT2D eigenvalue weighted by atomic mass is 32.2. The predicted molar refractivity (Wildman–Crippen MR) is 83.1 cm³/mol. The quantitative estimate of drug-likeness (QED) is 0.725. The summed E-state index contributed by atoms with van der Waals surface area (Å²) < 4.78 is 32.9. The Kier molecular flexibility index (Phi) is 5.25. The normalized spacial score (nSPS) is 19.1. The topological polar surface area (TPSA) is 90.0 Å². The number of carbonyl (C=O) groups is 2. The molecule has 0 aromatic heterocycles. The first-order valence-corrected chi connectivity index (χ1v) is 8.92. The van der Waals surface area contributed by atoms with Crippen LogP contribution < -0.4 is 4.74 Å². The van der Waals surface area contributed by atoms with Crippen molar-refractivity contribution in [1.29, 1.82) is 0 Å². The van der Waals surface area contributed by atoms with E-state index in [4.69, 9.17) is 4.74 Å². The van der Waals surface area contributed by atoms with Gasteiger partial charge in [0.05, 0.1) is 24.2 Å². The minimum atomic E-state index is -3.04. The highest BCUT2D eigenvalue weighted by Gasteiger charge is 2.32. The van der Waals surface area contributed by atoms with Gasteiger partial charge in [-0.15, -0.1) is 0 Å². The summed E-state index contributed by atoms with van der Waals surface area (Å²) >= 11 is 0. The third kappa shape index (κ3) is 4.44. The third-order valence-electron chi connectivity index (χ3n) is 3.79. The van der Waals surface area contributed by atoms with Gasteiger partial charge in [-0.25, -0.2) is 13.2 Å². The number of methoxy groups -OCH3 is 1. The first-order valence-electron chi connectivity index (χ1n) is 7.09. The molecule has 1 amide bonds. The van der Waals surface area contributed by atoms with Crippen molar-refractivity contribution in [2.45, 2.75) is 12.5 Å². The summed E-state index contributed by atoms with van der Waals surface area (Å²) in [5.41, 5.74) is 0.388. The van der Waals surface area contributed by atoms with Gasteiger partial charge in [0, 0.05) is 13.1 Å². The van der Waals surface area contributed by atoms with Crippen molar-refractivity contribution in [3.8, 4) is 5.75 Å². The van der Waals surface area contributed by atoms with Gasteiger partial charge in [-0.1, -0.05) is 0 Å². The van der Waals surface area contributed by atoms with Crippen LogP contribution in [-0.4, -0.2) is 63.5 Å². The Morgan fingerprint density at radius 2 is 1.91 bits per heavy atom. The number of esters is 1. The second-order valence-electron chi connectivity index (χ2n) is 5.37. The van der Waals surface area contributed by atoms with Crippen molar-refractivity contribution in [3.63, 3.8) is 0 Å². The Morgan fingerprint density at radius 1 is 1.26 bits per heavy atom. The van der Waals surface area contributed by atoms with Crippen LogP contribution in [0.4, 0.5) is 0 Å². The SMILES string of the molecule is COC(=O)c1ccc(OCC(=O)N(C)[C@@H]2CCS(=O)(=O)C2)cc1. The Hall–Kier alpha value is -2.09. The highest BCUT2D eigenvalue weighted by Crippen LogP contribution is 2.17. The summed E-state index contributed by atoms with van der Waals surface area (Å²) in [5, 5.41) is 0. The fourth-order valence-corrected chi connectivity index (χ4v) is 4.11.